The van der Waals surface area contributed by atoms with Gasteiger partial charge in [0.25, 0.3) is 0 Å². The first-order valence-corrected chi connectivity index (χ1v) is 7.19. The minimum absolute atomic E-state index is 0.555. The van der Waals surface area contributed by atoms with Crippen molar-refractivity contribution in [2.75, 3.05) is 12.3 Å². The Kier molecular flexibility index (Phi) is 5.35. The van der Waals surface area contributed by atoms with E-state index in [4.69, 9.17) is 5.11 Å². The number of thioether (sulfide) groups is 1. The second kappa shape index (κ2) is 6.32. The minimum atomic E-state index is -0.860. The first kappa shape index (κ1) is 14.4. The molecule has 17 heavy (non-hydrogen) atoms. The highest BCUT2D eigenvalue weighted by molar-refractivity contribution is 8.01. The van der Waals surface area contributed by atoms with E-state index in [1.807, 2.05) is 13.8 Å². The van der Waals surface area contributed by atoms with E-state index in [1.165, 1.54) is 11.3 Å². The van der Waals surface area contributed by atoms with Gasteiger partial charge in [0.05, 0.1) is 0 Å². The monoisotopic (exact) mass is 275 g/mol. The van der Waals surface area contributed by atoms with Crippen LogP contribution in [0.15, 0.2) is 4.34 Å². The van der Waals surface area contributed by atoms with E-state index in [-0.39, 0.29) is 0 Å². The molecule has 96 valence electrons. The maximum atomic E-state index is 11.2. The number of nitrogens with zero attached hydrogens (tertiary/aromatic N) is 2. The molecule has 0 aliphatic heterocycles. The zero-order valence-electron chi connectivity index (χ0n) is 10.2. The summed E-state index contributed by atoms with van der Waals surface area (Å²) in [6, 6.07) is 0. The van der Waals surface area contributed by atoms with Gasteiger partial charge in [-0.25, -0.2) is 0 Å². The van der Waals surface area contributed by atoms with Gasteiger partial charge in [-0.1, -0.05) is 30.0 Å². The normalized spacial score (nSPS) is 14.5. The number of carbonyl (C=O) groups is 1. The average Bonchev–Trinajstić information content (AvgIpc) is 2.64. The zero-order valence-corrected chi connectivity index (χ0v) is 11.8. The minimum Gasteiger partial charge on any atom is -0.480 e. The van der Waals surface area contributed by atoms with Crippen molar-refractivity contribution >= 4 is 29.1 Å². The molecule has 0 amide bonds. The van der Waals surface area contributed by atoms with Crippen molar-refractivity contribution in [3.63, 3.8) is 0 Å². The molecular weight excluding hydrogens is 258 g/mol. The lowest BCUT2D eigenvalue weighted by Crippen LogP contribution is -2.49. The van der Waals surface area contributed by atoms with Crippen molar-refractivity contribution in [1.82, 2.24) is 15.5 Å². The fraction of sp³-hybridized carbons (Fsp3) is 0.700. The van der Waals surface area contributed by atoms with Crippen molar-refractivity contribution in [2.24, 2.45) is 0 Å². The fourth-order valence-electron chi connectivity index (χ4n) is 1.34. The number of hydrogen-bond donors (Lipinski definition) is 2. The summed E-state index contributed by atoms with van der Waals surface area (Å²) >= 11 is 3.09. The Morgan fingerprint density at radius 2 is 2.29 bits per heavy atom. The fourth-order valence-corrected chi connectivity index (χ4v) is 3.39. The Labute approximate surface area is 109 Å². The summed E-state index contributed by atoms with van der Waals surface area (Å²) in [6.07, 6.45) is 0.555. The molecular formula is C10H17N3O2S2. The second-order valence-electron chi connectivity index (χ2n) is 3.85. The molecule has 7 heteroatoms. The maximum absolute atomic E-state index is 11.2. The Morgan fingerprint density at radius 3 is 2.76 bits per heavy atom. The van der Waals surface area contributed by atoms with E-state index < -0.39 is 11.5 Å². The van der Waals surface area contributed by atoms with Crippen LogP contribution in [0.3, 0.4) is 0 Å². The number of hydrogen-bond acceptors (Lipinski definition) is 6. The van der Waals surface area contributed by atoms with Gasteiger partial charge in [0.2, 0.25) is 0 Å². The lowest BCUT2D eigenvalue weighted by Gasteiger charge is -2.25. The SMILES string of the molecule is CCNC(C)(CCSc1nnc(C)s1)C(=O)O. The molecule has 0 saturated carbocycles. The number of nitrogens with one attached hydrogen (secondary N) is 1. The van der Waals surface area contributed by atoms with Crippen LogP contribution in [-0.4, -0.2) is 39.1 Å². The smallest absolute Gasteiger partial charge is 0.323 e. The molecule has 1 unspecified atom stereocenters. The van der Waals surface area contributed by atoms with Crippen molar-refractivity contribution in [2.45, 2.75) is 37.1 Å². The summed E-state index contributed by atoms with van der Waals surface area (Å²) in [5.41, 5.74) is -0.860. The van der Waals surface area contributed by atoms with Gasteiger partial charge < -0.3 is 10.4 Å². The molecule has 1 aromatic heterocycles. The van der Waals surface area contributed by atoms with Gasteiger partial charge in [0.15, 0.2) is 4.34 Å². The lowest BCUT2D eigenvalue weighted by atomic mass is 9.99. The predicted molar refractivity (Wildman–Crippen MR) is 69.7 cm³/mol. The van der Waals surface area contributed by atoms with Crippen LogP contribution in [0.2, 0.25) is 0 Å². The number of aryl methyl sites for hydroxylation is 1. The molecule has 1 rings (SSSR count). The molecule has 0 aliphatic rings. The largest absolute Gasteiger partial charge is 0.480 e. The molecule has 0 aromatic carbocycles. The average molecular weight is 275 g/mol. The molecule has 1 atom stereocenters. The zero-order chi connectivity index (χ0) is 12.9. The summed E-state index contributed by atoms with van der Waals surface area (Å²) in [4.78, 5) is 11.2. The lowest BCUT2D eigenvalue weighted by molar-refractivity contribution is -0.144. The molecule has 5 nitrogen and oxygen atoms in total. The van der Waals surface area contributed by atoms with Gasteiger partial charge in [-0.2, -0.15) is 0 Å². The van der Waals surface area contributed by atoms with Gasteiger partial charge in [0, 0.05) is 5.75 Å². The Balaban J connectivity index is 2.45. The van der Waals surface area contributed by atoms with Crippen LogP contribution < -0.4 is 5.32 Å². The topological polar surface area (TPSA) is 75.1 Å². The first-order valence-electron chi connectivity index (χ1n) is 5.39. The van der Waals surface area contributed by atoms with Gasteiger partial charge in [-0.3, -0.25) is 4.79 Å². The number of aromatic nitrogens is 2. The van der Waals surface area contributed by atoms with Crippen LogP contribution >= 0.6 is 23.1 Å². The highest BCUT2D eigenvalue weighted by Gasteiger charge is 2.31. The van der Waals surface area contributed by atoms with Crippen LogP contribution in [0.1, 0.15) is 25.3 Å². The van der Waals surface area contributed by atoms with Crippen LogP contribution in [0.5, 0.6) is 0 Å². The summed E-state index contributed by atoms with van der Waals surface area (Å²) in [6.45, 7) is 6.17. The van der Waals surface area contributed by atoms with E-state index in [0.29, 0.717) is 18.7 Å². The molecule has 1 heterocycles. The molecule has 0 saturated heterocycles. The van der Waals surface area contributed by atoms with E-state index >= 15 is 0 Å². The molecule has 0 fully saturated rings. The van der Waals surface area contributed by atoms with E-state index in [0.717, 1.165) is 9.35 Å². The van der Waals surface area contributed by atoms with Gasteiger partial charge in [-0.15, -0.1) is 10.2 Å². The highest BCUT2D eigenvalue weighted by atomic mass is 32.2. The molecule has 0 aliphatic carbocycles. The van der Waals surface area contributed by atoms with E-state index in [9.17, 15) is 4.79 Å². The quantitative estimate of drug-likeness (QED) is 0.739. The number of rotatable bonds is 7. The van der Waals surface area contributed by atoms with Crippen LogP contribution in [-0.2, 0) is 4.79 Å². The third-order valence-electron chi connectivity index (χ3n) is 2.37. The van der Waals surface area contributed by atoms with Gasteiger partial charge in [-0.05, 0) is 26.8 Å². The standard InChI is InChI=1S/C10H17N3O2S2/c1-4-11-10(3,8(14)15)5-6-16-9-13-12-7(2)17-9/h11H,4-6H2,1-3H3,(H,14,15). The molecule has 0 radical (unpaired) electrons. The first-order chi connectivity index (χ1) is 7.98. The van der Waals surface area contributed by atoms with Gasteiger partial charge >= 0.3 is 5.97 Å². The molecule has 1 aromatic rings. The highest BCUT2D eigenvalue weighted by Crippen LogP contribution is 2.24. The molecule has 0 spiro atoms. The van der Waals surface area contributed by atoms with Crippen molar-refractivity contribution in [3.05, 3.63) is 5.01 Å². The Morgan fingerprint density at radius 1 is 1.59 bits per heavy atom. The summed E-state index contributed by atoms with van der Waals surface area (Å²) in [5.74, 6) is -0.0989. The van der Waals surface area contributed by atoms with Crippen LogP contribution in [0.25, 0.3) is 0 Å². The second-order valence-corrected chi connectivity index (χ2v) is 6.38. The Hall–Kier alpha value is -0.660. The summed E-state index contributed by atoms with van der Waals surface area (Å²) < 4.78 is 0.895. The van der Waals surface area contributed by atoms with E-state index in [2.05, 4.69) is 15.5 Å². The summed E-state index contributed by atoms with van der Waals surface area (Å²) in [7, 11) is 0. The third kappa shape index (κ3) is 4.25. The number of likely N-dealkylation sites (N-methyl/N-ethyl adjacent to an activating group) is 1. The number of carboxylic acids is 1. The summed E-state index contributed by atoms with van der Waals surface area (Å²) in [5, 5.41) is 21.0. The molecule has 0 bridgehead atoms. The van der Waals surface area contributed by atoms with Crippen LogP contribution in [0, 0.1) is 6.92 Å². The van der Waals surface area contributed by atoms with Gasteiger partial charge in [0.1, 0.15) is 10.5 Å². The number of aliphatic carboxylic acids is 1. The Bertz CT molecular complexity index is 383. The van der Waals surface area contributed by atoms with Crippen molar-refractivity contribution in [3.8, 4) is 0 Å². The predicted octanol–water partition coefficient (Wildman–Crippen LogP) is 1.78. The van der Waals surface area contributed by atoms with Crippen molar-refractivity contribution in [1.29, 1.82) is 0 Å². The van der Waals surface area contributed by atoms with Crippen molar-refractivity contribution < 1.29 is 9.90 Å². The third-order valence-corrected chi connectivity index (χ3v) is 4.35. The number of carboxylic acid groups (broad SMARTS) is 1. The van der Waals surface area contributed by atoms with E-state index in [1.54, 1.807) is 18.7 Å². The van der Waals surface area contributed by atoms with Crippen LogP contribution in [0.4, 0.5) is 0 Å². The maximum Gasteiger partial charge on any atom is 0.323 e. The molecule has 2 N–H and O–H groups in total.